The summed E-state index contributed by atoms with van der Waals surface area (Å²) in [5.74, 6) is -1.34. The molecule has 0 N–H and O–H groups in total. The molecule has 0 bridgehead atoms. The molecule has 2 heterocycles. The molecule has 1 aromatic rings. The average molecular weight is 386 g/mol. The number of imide groups is 1. The van der Waals surface area contributed by atoms with Gasteiger partial charge in [0, 0.05) is 31.7 Å². The van der Waals surface area contributed by atoms with Crippen LogP contribution in [0.15, 0.2) is 30.3 Å². The fraction of sp³-hybridized carbons (Fsp3) is 0.524. The minimum absolute atomic E-state index is 0.00242. The molecule has 2 atom stereocenters. The smallest absolute Gasteiger partial charge is 0.330 e. The van der Waals surface area contributed by atoms with E-state index in [4.69, 9.17) is 4.84 Å². The SMILES string of the molecule is CN1CCC(CCC(=O)CCC(=O)ON2C(=O)CCC2=O)[C@H]1c1ccccc1. The number of amides is 2. The molecule has 2 fully saturated rings. The maximum absolute atomic E-state index is 12.2. The van der Waals surface area contributed by atoms with Crippen molar-refractivity contribution in [2.24, 2.45) is 5.92 Å². The molecule has 7 nitrogen and oxygen atoms in total. The minimum Gasteiger partial charge on any atom is -0.330 e. The third-order valence-corrected chi connectivity index (χ3v) is 5.52. The van der Waals surface area contributed by atoms with Crippen molar-refractivity contribution in [2.45, 2.75) is 51.0 Å². The lowest BCUT2D eigenvalue weighted by Crippen LogP contribution is -2.32. The van der Waals surface area contributed by atoms with E-state index in [9.17, 15) is 19.2 Å². The lowest BCUT2D eigenvalue weighted by Gasteiger charge is -2.25. The number of carbonyl (C=O) groups excluding carboxylic acids is 4. The lowest BCUT2D eigenvalue weighted by molar-refractivity contribution is -0.197. The quantitative estimate of drug-likeness (QED) is 0.638. The fourth-order valence-corrected chi connectivity index (χ4v) is 4.02. The van der Waals surface area contributed by atoms with Crippen LogP contribution in [0.2, 0.25) is 0 Å². The molecule has 2 aliphatic rings. The average Bonchev–Trinajstić information content (AvgIpc) is 3.22. The third-order valence-electron chi connectivity index (χ3n) is 5.52. The van der Waals surface area contributed by atoms with Crippen molar-refractivity contribution in [1.82, 2.24) is 9.96 Å². The molecule has 1 unspecified atom stereocenters. The zero-order valence-electron chi connectivity index (χ0n) is 16.1. The number of nitrogens with zero attached hydrogens (tertiary/aromatic N) is 2. The standard InChI is InChI=1S/C21H26N2O5/c1-22-14-13-16(21(22)15-5-3-2-4-6-15)7-8-17(24)9-12-20(27)28-23-18(25)10-11-19(23)26/h2-6,16,21H,7-14H2,1H3/t16?,21-/m1/s1. The highest BCUT2D eigenvalue weighted by molar-refractivity contribution is 6.01. The van der Waals surface area contributed by atoms with E-state index in [1.165, 1.54) is 5.56 Å². The van der Waals surface area contributed by atoms with Crippen LogP contribution in [0.3, 0.4) is 0 Å². The number of hydroxylamine groups is 2. The van der Waals surface area contributed by atoms with E-state index in [1.54, 1.807) is 0 Å². The molecule has 28 heavy (non-hydrogen) atoms. The first-order valence-corrected chi connectivity index (χ1v) is 9.79. The van der Waals surface area contributed by atoms with Crippen molar-refractivity contribution in [3.8, 4) is 0 Å². The zero-order valence-corrected chi connectivity index (χ0v) is 16.1. The van der Waals surface area contributed by atoms with E-state index in [0.717, 1.165) is 19.4 Å². The van der Waals surface area contributed by atoms with E-state index < -0.39 is 17.8 Å². The van der Waals surface area contributed by atoms with Crippen LogP contribution in [0, 0.1) is 5.92 Å². The van der Waals surface area contributed by atoms with E-state index in [0.29, 0.717) is 23.4 Å². The van der Waals surface area contributed by atoms with Crippen LogP contribution >= 0.6 is 0 Å². The Labute approximate surface area is 164 Å². The second kappa shape index (κ2) is 9.10. The highest BCUT2D eigenvalue weighted by Gasteiger charge is 2.34. The number of benzene rings is 1. The molecule has 0 radical (unpaired) electrons. The maximum atomic E-state index is 12.2. The van der Waals surface area contributed by atoms with Gasteiger partial charge in [0.1, 0.15) is 5.78 Å². The normalized spacial score (nSPS) is 22.7. The van der Waals surface area contributed by atoms with Gasteiger partial charge < -0.3 is 4.84 Å². The Hall–Kier alpha value is -2.54. The minimum atomic E-state index is -0.722. The van der Waals surface area contributed by atoms with Gasteiger partial charge in [0.15, 0.2) is 0 Å². The number of rotatable bonds is 8. The first-order chi connectivity index (χ1) is 13.5. The zero-order chi connectivity index (χ0) is 20.1. The number of likely N-dealkylation sites (tertiary alicyclic amines) is 1. The summed E-state index contributed by atoms with van der Waals surface area (Å²) in [4.78, 5) is 54.0. The maximum Gasteiger partial charge on any atom is 0.333 e. The monoisotopic (exact) mass is 386 g/mol. The van der Waals surface area contributed by atoms with E-state index in [-0.39, 0.29) is 31.5 Å². The second-order valence-electron chi connectivity index (χ2n) is 7.51. The van der Waals surface area contributed by atoms with Gasteiger partial charge >= 0.3 is 5.97 Å². The highest BCUT2D eigenvalue weighted by atomic mass is 16.7. The first-order valence-electron chi connectivity index (χ1n) is 9.79. The summed E-state index contributed by atoms with van der Waals surface area (Å²) in [6.45, 7) is 1.00. The molecule has 0 aromatic heterocycles. The van der Waals surface area contributed by atoms with Gasteiger partial charge in [-0.2, -0.15) is 0 Å². The van der Waals surface area contributed by atoms with Crippen LogP contribution in [0.25, 0.3) is 0 Å². The number of ketones is 1. The fourth-order valence-electron chi connectivity index (χ4n) is 4.02. The van der Waals surface area contributed by atoms with Crippen molar-refractivity contribution in [3.63, 3.8) is 0 Å². The number of Topliss-reactive ketones (excluding diaryl/α,β-unsaturated/α-hetero) is 1. The molecular weight excluding hydrogens is 360 g/mol. The number of hydrogen-bond donors (Lipinski definition) is 0. The molecule has 2 saturated heterocycles. The Kier molecular flexibility index (Phi) is 6.57. The molecule has 0 saturated carbocycles. The highest BCUT2D eigenvalue weighted by Crippen LogP contribution is 2.38. The van der Waals surface area contributed by atoms with Crippen molar-refractivity contribution in [2.75, 3.05) is 13.6 Å². The number of carbonyl (C=O) groups is 4. The van der Waals surface area contributed by atoms with Crippen LogP contribution in [0.5, 0.6) is 0 Å². The topological polar surface area (TPSA) is 84.0 Å². The van der Waals surface area contributed by atoms with Crippen molar-refractivity contribution < 1.29 is 24.0 Å². The predicted octanol–water partition coefficient (Wildman–Crippen LogP) is 2.42. The van der Waals surface area contributed by atoms with Crippen molar-refractivity contribution in [1.29, 1.82) is 0 Å². The Bertz CT molecular complexity index is 732. The van der Waals surface area contributed by atoms with Crippen LogP contribution in [0.1, 0.15) is 56.6 Å². The Morgan fingerprint density at radius 3 is 2.39 bits per heavy atom. The van der Waals surface area contributed by atoms with E-state index >= 15 is 0 Å². The largest absolute Gasteiger partial charge is 0.333 e. The molecule has 1 aromatic carbocycles. The molecule has 0 aliphatic carbocycles. The van der Waals surface area contributed by atoms with Gasteiger partial charge in [-0.1, -0.05) is 30.3 Å². The summed E-state index contributed by atoms with van der Waals surface area (Å²) >= 11 is 0. The van der Waals surface area contributed by atoms with Crippen LogP contribution in [0.4, 0.5) is 0 Å². The van der Waals surface area contributed by atoms with Gasteiger partial charge in [0.25, 0.3) is 11.8 Å². The van der Waals surface area contributed by atoms with Crippen LogP contribution in [-0.2, 0) is 24.0 Å². The summed E-state index contributed by atoms with van der Waals surface area (Å²) in [5, 5.41) is 0.519. The molecule has 0 spiro atoms. The summed E-state index contributed by atoms with van der Waals surface area (Å²) in [7, 11) is 2.11. The van der Waals surface area contributed by atoms with Crippen molar-refractivity contribution >= 4 is 23.6 Å². The Morgan fingerprint density at radius 2 is 1.71 bits per heavy atom. The van der Waals surface area contributed by atoms with Crippen LogP contribution < -0.4 is 0 Å². The van der Waals surface area contributed by atoms with Gasteiger partial charge in [0.05, 0.1) is 6.42 Å². The van der Waals surface area contributed by atoms with Crippen molar-refractivity contribution in [3.05, 3.63) is 35.9 Å². The number of hydrogen-bond acceptors (Lipinski definition) is 6. The van der Waals surface area contributed by atoms with E-state index in [1.807, 2.05) is 18.2 Å². The summed E-state index contributed by atoms with van der Waals surface area (Å²) in [5.41, 5.74) is 1.27. The van der Waals surface area contributed by atoms with E-state index in [2.05, 4.69) is 24.1 Å². The summed E-state index contributed by atoms with van der Waals surface area (Å²) in [6, 6.07) is 10.6. The molecule has 2 aliphatic heterocycles. The first kappa shape index (κ1) is 20.2. The third kappa shape index (κ3) is 4.84. The van der Waals surface area contributed by atoms with Gasteiger partial charge in [0.2, 0.25) is 0 Å². The molecular formula is C21H26N2O5. The summed E-state index contributed by atoms with van der Waals surface area (Å²) < 4.78 is 0. The van der Waals surface area contributed by atoms with Crippen LogP contribution in [-0.4, -0.2) is 47.1 Å². The Morgan fingerprint density at radius 1 is 1.04 bits per heavy atom. The van der Waals surface area contributed by atoms with Gasteiger partial charge in [-0.15, -0.1) is 5.06 Å². The van der Waals surface area contributed by atoms with Gasteiger partial charge in [-0.05, 0) is 37.9 Å². The van der Waals surface area contributed by atoms with Gasteiger partial charge in [-0.25, -0.2) is 4.79 Å². The molecule has 3 rings (SSSR count). The molecule has 2 amide bonds. The summed E-state index contributed by atoms with van der Waals surface area (Å²) in [6.07, 6.45) is 2.30. The predicted molar refractivity (Wildman–Crippen MR) is 101 cm³/mol. The molecule has 150 valence electrons. The Balaban J connectivity index is 1.43. The molecule has 7 heteroatoms. The second-order valence-corrected chi connectivity index (χ2v) is 7.51. The lowest BCUT2D eigenvalue weighted by atomic mass is 9.89. The van der Waals surface area contributed by atoms with Gasteiger partial charge in [-0.3, -0.25) is 19.3 Å².